The number of aromatic nitrogens is 1. The van der Waals surface area contributed by atoms with Crippen molar-refractivity contribution < 1.29 is 14.6 Å². The van der Waals surface area contributed by atoms with E-state index in [9.17, 15) is 5.11 Å². The van der Waals surface area contributed by atoms with Gasteiger partial charge < -0.3 is 19.9 Å². The number of hydrogen-bond donors (Lipinski definition) is 2. The van der Waals surface area contributed by atoms with Gasteiger partial charge in [-0.2, -0.15) is 0 Å². The SMILES string of the molecule is COc1ccc(OCc2nc(CNCC3CCCC3O)cs2)cc1. The Morgan fingerprint density at radius 3 is 2.75 bits per heavy atom. The van der Waals surface area contributed by atoms with Crippen LogP contribution in [0.2, 0.25) is 0 Å². The molecule has 5 nitrogen and oxygen atoms in total. The molecule has 130 valence electrons. The van der Waals surface area contributed by atoms with Gasteiger partial charge in [-0.15, -0.1) is 11.3 Å². The Bertz CT molecular complexity index is 629. The number of aliphatic hydroxyl groups excluding tert-OH is 1. The van der Waals surface area contributed by atoms with Crippen LogP contribution in [0.4, 0.5) is 0 Å². The Kier molecular flexibility index (Phi) is 6.07. The van der Waals surface area contributed by atoms with Gasteiger partial charge in [-0.3, -0.25) is 0 Å². The highest BCUT2D eigenvalue weighted by atomic mass is 32.1. The van der Waals surface area contributed by atoms with Gasteiger partial charge in [0.05, 0.1) is 18.9 Å². The summed E-state index contributed by atoms with van der Waals surface area (Å²) in [5, 5.41) is 16.2. The number of thiazole rings is 1. The summed E-state index contributed by atoms with van der Waals surface area (Å²) in [6.45, 7) is 2.07. The lowest BCUT2D eigenvalue weighted by molar-refractivity contribution is 0.131. The maximum Gasteiger partial charge on any atom is 0.140 e. The van der Waals surface area contributed by atoms with Crippen molar-refractivity contribution in [2.24, 2.45) is 5.92 Å². The summed E-state index contributed by atoms with van der Waals surface area (Å²) in [6.07, 6.45) is 3.06. The van der Waals surface area contributed by atoms with Crippen molar-refractivity contribution >= 4 is 11.3 Å². The van der Waals surface area contributed by atoms with Crippen LogP contribution in [0.3, 0.4) is 0 Å². The number of nitrogens with one attached hydrogen (secondary N) is 1. The van der Waals surface area contributed by atoms with Crippen LogP contribution in [-0.4, -0.2) is 29.8 Å². The molecule has 1 aromatic heterocycles. The molecule has 2 aromatic rings. The third kappa shape index (κ3) is 4.69. The number of aliphatic hydroxyl groups is 1. The van der Waals surface area contributed by atoms with Gasteiger partial charge in [0.15, 0.2) is 0 Å². The van der Waals surface area contributed by atoms with Gasteiger partial charge in [-0.1, -0.05) is 6.42 Å². The van der Waals surface area contributed by atoms with Crippen molar-refractivity contribution in [3.63, 3.8) is 0 Å². The van der Waals surface area contributed by atoms with Crippen molar-refractivity contribution in [1.82, 2.24) is 10.3 Å². The van der Waals surface area contributed by atoms with Gasteiger partial charge in [0.1, 0.15) is 23.1 Å². The van der Waals surface area contributed by atoms with Crippen molar-refractivity contribution in [1.29, 1.82) is 0 Å². The molecule has 1 saturated carbocycles. The molecule has 1 aromatic carbocycles. The van der Waals surface area contributed by atoms with Crippen molar-refractivity contribution in [2.75, 3.05) is 13.7 Å². The van der Waals surface area contributed by atoms with Crippen LogP contribution in [-0.2, 0) is 13.2 Å². The number of ether oxygens (including phenoxy) is 2. The van der Waals surface area contributed by atoms with Gasteiger partial charge in [0, 0.05) is 18.5 Å². The molecular weight excluding hydrogens is 324 g/mol. The Labute approximate surface area is 146 Å². The summed E-state index contributed by atoms with van der Waals surface area (Å²) in [5.74, 6) is 2.01. The fourth-order valence-electron chi connectivity index (χ4n) is 2.95. The predicted octanol–water partition coefficient (Wildman–Crippen LogP) is 2.98. The average molecular weight is 348 g/mol. The molecule has 0 radical (unpaired) electrons. The smallest absolute Gasteiger partial charge is 0.140 e. The second-order valence-electron chi connectivity index (χ2n) is 6.09. The summed E-state index contributed by atoms with van der Waals surface area (Å²) >= 11 is 1.61. The first-order chi connectivity index (χ1) is 11.7. The van der Waals surface area contributed by atoms with Crippen molar-refractivity contribution in [3.05, 3.63) is 40.3 Å². The Morgan fingerprint density at radius 2 is 2.04 bits per heavy atom. The minimum absolute atomic E-state index is 0.138. The highest BCUT2D eigenvalue weighted by Gasteiger charge is 2.24. The summed E-state index contributed by atoms with van der Waals surface area (Å²) in [7, 11) is 1.65. The molecule has 0 spiro atoms. The Morgan fingerprint density at radius 1 is 1.25 bits per heavy atom. The van der Waals surface area contributed by atoms with E-state index in [0.29, 0.717) is 12.5 Å². The molecule has 6 heteroatoms. The molecule has 1 heterocycles. The van der Waals surface area contributed by atoms with E-state index in [-0.39, 0.29) is 6.10 Å². The van der Waals surface area contributed by atoms with E-state index in [2.05, 4.69) is 15.7 Å². The minimum atomic E-state index is -0.138. The number of rotatable bonds is 8. The summed E-state index contributed by atoms with van der Waals surface area (Å²) in [6, 6.07) is 7.54. The number of hydrogen-bond acceptors (Lipinski definition) is 6. The summed E-state index contributed by atoms with van der Waals surface area (Å²) in [4.78, 5) is 4.59. The first-order valence-corrected chi connectivity index (χ1v) is 9.21. The van der Waals surface area contributed by atoms with Gasteiger partial charge >= 0.3 is 0 Å². The van der Waals surface area contributed by atoms with Crippen molar-refractivity contribution in [3.8, 4) is 11.5 Å². The van der Waals surface area contributed by atoms with Crippen LogP contribution in [0.1, 0.15) is 30.0 Å². The molecule has 0 bridgehead atoms. The minimum Gasteiger partial charge on any atom is -0.497 e. The zero-order valence-electron chi connectivity index (χ0n) is 13.9. The van der Waals surface area contributed by atoms with E-state index < -0.39 is 0 Å². The third-order valence-corrected chi connectivity index (χ3v) is 5.22. The molecular formula is C18H24N2O3S. The van der Waals surface area contributed by atoms with Crippen LogP contribution < -0.4 is 14.8 Å². The maximum absolute atomic E-state index is 9.82. The quantitative estimate of drug-likeness (QED) is 0.768. The highest BCUT2D eigenvalue weighted by Crippen LogP contribution is 2.24. The summed E-state index contributed by atoms with van der Waals surface area (Å²) in [5.41, 5.74) is 1.03. The number of methoxy groups -OCH3 is 1. The van der Waals surface area contributed by atoms with E-state index in [4.69, 9.17) is 9.47 Å². The molecule has 2 unspecified atom stereocenters. The molecule has 2 N–H and O–H groups in total. The van der Waals surface area contributed by atoms with Crippen LogP contribution in [0.15, 0.2) is 29.6 Å². The normalized spacial score (nSPS) is 20.2. The lowest BCUT2D eigenvalue weighted by atomic mass is 10.1. The molecule has 0 saturated heterocycles. The van der Waals surface area contributed by atoms with Gasteiger partial charge in [-0.05, 0) is 43.0 Å². The van der Waals surface area contributed by atoms with Crippen molar-refractivity contribution in [2.45, 2.75) is 38.5 Å². The topological polar surface area (TPSA) is 63.6 Å². The standard InChI is InChI=1S/C18H24N2O3S/c1-22-15-5-7-16(8-6-15)23-11-18-20-14(12-24-18)10-19-9-13-3-2-4-17(13)21/h5-8,12-13,17,19,21H,2-4,9-11H2,1H3. The molecule has 0 aliphatic heterocycles. The van der Waals surface area contributed by atoms with Crippen LogP contribution in [0, 0.1) is 5.92 Å². The van der Waals surface area contributed by atoms with Crippen LogP contribution >= 0.6 is 11.3 Å². The predicted molar refractivity (Wildman–Crippen MR) is 94.5 cm³/mol. The highest BCUT2D eigenvalue weighted by molar-refractivity contribution is 7.09. The molecule has 24 heavy (non-hydrogen) atoms. The molecule has 2 atom stereocenters. The Hall–Kier alpha value is -1.63. The van der Waals surface area contributed by atoms with Gasteiger partial charge in [0.2, 0.25) is 0 Å². The zero-order valence-corrected chi connectivity index (χ0v) is 14.7. The molecule has 0 amide bonds. The van der Waals surface area contributed by atoms with Gasteiger partial charge in [0.25, 0.3) is 0 Å². The fraction of sp³-hybridized carbons (Fsp3) is 0.500. The summed E-state index contributed by atoms with van der Waals surface area (Å²) < 4.78 is 10.9. The molecule has 1 aliphatic carbocycles. The van der Waals surface area contributed by atoms with E-state index in [1.54, 1.807) is 18.4 Å². The van der Waals surface area contributed by atoms with E-state index in [1.807, 2.05) is 24.3 Å². The largest absolute Gasteiger partial charge is 0.497 e. The first-order valence-electron chi connectivity index (χ1n) is 8.33. The van der Waals surface area contributed by atoms with Crippen LogP contribution in [0.25, 0.3) is 0 Å². The number of nitrogens with zero attached hydrogens (tertiary/aromatic N) is 1. The second-order valence-corrected chi connectivity index (χ2v) is 7.03. The van der Waals surface area contributed by atoms with E-state index in [0.717, 1.165) is 54.6 Å². The lowest BCUT2D eigenvalue weighted by Gasteiger charge is -2.14. The third-order valence-electron chi connectivity index (χ3n) is 4.35. The lowest BCUT2D eigenvalue weighted by Crippen LogP contribution is -2.27. The second kappa shape index (κ2) is 8.46. The maximum atomic E-state index is 9.82. The molecule has 1 aliphatic rings. The monoisotopic (exact) mass is 348 g/mol. The van der Waals surface area contributed by atoms with Crippen LogP contribution in [0.5, 0.6) is 11.5 Å². The number of benzene rings is 1. The van der Waals surface area contributed by atoms with E-state index in [1.165, 1.54) is 0 Å². The molecule has 3 rings (SSSR count). The zero-order chi connectivity index (χ0) is 16.8. The first kappa shape index (κ1) is 17.2. The molecule has 1 fully saturated rings. The Balaban J connectivity index is 1.41. The van der Waals surface area contributed by atoms with E-state index >= 15 is 0 Å². The average Bonchev–Trinajstić information content (AvgIpc) is 3.23. The van der Waals surface area contributed by atoms with Gasteiger partial charge in [-0.25, -0.2) is 4.98 Å². The fourth-order valence-corrected chi connectivity index (χ4v) is 3.66.